The zero-order valence-corrected chi connectivity index (χ0v) is 16.6. The fourth-order valence-corrected chi connectivity index (χ4v) is 4.40. The van der Waals surface area contributed by atoms with Gasteiger partial charge in [0, 0.05) is 36.6 Å². The van der Waals surface area contributed by atoms with Crippen LogP contribution in [0.4, 0.5) is 5.69 Å². The summed E-state index contributed by atoms with van der Waals surface area (Å²) in [5.41, 5.74) is 1.69. The van der Waals surface area contributed by atoms with Gasteiger partial charge in [-0.2, -0.15) is 0 Å². The van der Waals surface area contributed by atoms with Crippen molar-refractivity contribution in [3.8, 4) is 0 Å². The third-order valence-electron chi connectivity index (χ3n) is 5.12. The fourth-order valence-electron chi connectivity index (χ4n) is 3.44. The van der Waals surface area contributed by atoms with E-state index in [1.165, 1.54) is 11.3 Å². The van der Waals surface area contributed by atoms with Gasteiger partial charge in [-0.3, -0.25) is 9.59 Å². The predicted octanol–water partition coefficient (Wildman–Crippen LogP) is 3.69. The van der Waals surface area contributed by atoms with Gasteiger partial charge >= 0.3 is 0 Å². The number of thiophene rings is 1. The molecule has 0 radical (unpaired) electrons. The quantitative estimate of drug-likeness (QED) is 0.711. The second kappa shape index (κ2) is 8.12. The standard InChI is InChI=1S/C22H23N3O2S/c1-15(22(27)25-12-10-23-11-13-25)16-6-8-18(9-7-16)24-21(26)20-14-17-4-2-3-5-19(17)28-20/h2-9,14-15,23H,10-13H2,1H3,(H,24,26). The molecule has 1 aromatic heterocycles. The summed E-state index contributed by atoms with van der Waals surface area (Å²) in [7, 11) is 0. The van der Waals surface area contributed by atoms with Gasteiger partial charge in [0.2, 0.25) is 5.91 Å². The van der Waals surface area contributed by atoms with Gasteiger partial charge in [0.05, 0.1) is 10.8 Å². The molecule has 0 saturated carbocycles. The van der Waals surface area contributed by atoms with E-state index in [0.717, 1.165) is 47.5 Å². The lowest BCUT2D eigenvalue weighted by atomic mass is 9.99. The molecule has 1 unspecified atom stereocenters. The van der Waals surface area contributed by atoms with Crippen molar-refractivity contribution in [1.29, 1.82) is 0 Å². The van der Waals surface area contributed by atoms with Gasteiger partial charge in [0.15, 0.2) is 0 Å². The van der Waals surface area contributed by atoms with Gasteiger partial charge in [-0.05, 0) is 42.1 Å². The Morgan fingerprint density at radius 1 is 1.07 bits per heavy atom. The van der Waals surface area contributed by atoms with E-state index in [2.05, 4.69) is 10.6 Å². The first-order chi connectivity index (χ1) is 13.6. The second-order valence-electron chi connectivity index (χ2n) is 7.02. The lowest BCUT2D eigenvalue weighted by Crippen LogP contribution is -2.47. The number of amides is 2. The molecule has 2 amide bonds. The number of benzene rings is 2. The van der Waals surface area contributed by atoms with Gasteiger partial charge in [0.25, 0.3) is 5.91 Å². The summed E-state index contributed by atoms with van der Waals surface area (Å²) in [5.74, 6) is -0.145. The Morgan fingerprint density at radius 3 is 2.50 bits per heavy atom. The van der Waals surface area contributed by atoms with Gasteiger partial charge in [-0.25, -0.2) is 0 Å². The Labute approximate surface area is 168 Å². The number of fused-ring (bicyclic) bond motifs is 1. The fraction of sp³-hybridized carbons (Fsp3) is 0.273. The molecule has 1 aliphatic heterocycles. The molecular formula is C22H23N3O2S. The van der Waals surface area contributed by atoms with Crippen LogP contribution in [0, 0.1) is 0 Å². The highest BCUT2D eigenvalue weighted by atomic mass is 32.1. The number of carbonyl (C=O) groups excluding carboxylic acids is 2. The smallest absolute Gasteiger partial charge is 0.265 e. The van der Waals surface area contributed by atoms with Crippen molar-refractivity contribution < 1.29 is 9.59 Å². The number of rotatable bonds is 4. The molecule has 0 aliphatic carbocycles. The molecule has 1 atom stereocenters. The molecule has 5 nitrogen and oxygen atoms in total. The summed E-state index contributed by atoms with van der Waals surface area (Å²) >= 11 is 1.49. The van der Waals surface area contributed by atoms with Crippen molar-refractivity contribution in [1.82, 2.24) is 10.2 Å². The van der Waals surface area contributed by atoms with Crippen LogP contribution in [0.5, 0.6) is 0 Å². The van der Waals surface area contributed by atoms with E-state index in [1.54, 1.807) is 0 Å². The number of hydrogen-bond donors (Lipinski definition) is 2. The van der Waals surface area contributed by atoms with E-state index in [1.807, 2.05) is 66.4 Å². The minimum atomic E-state index is -0.189. The molecule has 1 saturated heterocycles. The highest BCUT2D eigenvalue weighted by Gasteiger charge is 2.23. The maximum absolute atomic E-state index is 12.7. The Kier molecular flexibility index (Phi) is 5.41. The SMILES string of the molecule is CC(C(=O)N1CCNCC1)c1ccc(NC(=O)c2cc3ccccc3s2)cc1. The average molecular weight is 394 g/mol. The molecule has 0 spiro atoms. The van der Waals surface area contributed by atoms with Crippen molar-refractivity contribution >= 4 is 38.9 Å². The molecule has 6 heteroatoms. The first kappa shape index (κ1) is 18.7. The van der Waals surface area contributed by atoms with Crippen LogP contribution >= 0.6 is 11.3 Å². The maximum Gasteiger partial charge on any atom is 0.265 e. The van der Waals surface area contributed by atoms with Crippen LogP contribution in [0.2, 0.25) is 0 Å². The van der Waals surface area contributed by atoms with Crippen molar-refractivity contribution in [2.75, 3.05) is 31.5 Å². The molecule has 0 bridgehead atoms. The maximum atomic E-state index is 12.7. The van der Waals surface area contributed by atoms with Crippen LogP contribution < -0.4 is 10.6 Å². The van der Waals surface area contributed by atoms with Crippen LogP contribution in [-0.2, 0) is 4.79 Å². The van der Waals surface area contributed by atoms with Gasteiger partial charge in [0.1, 0.15) is 0 Å². The summed E-state index contributed by atoms with van der Waals surface area (Å²) in [6.45, 7) is 5.15. The summed E-state index contributed by atoms with van der Waals surface area (Å²) in [5, 5.41) is 7.29. The number of nitrogens with one attached hydrogen (secondary N) is 2. The molecule has 1 fully saturated rings. The number of piperazine rings is 1. The topological polar surface area (TPSA) is 61.4 Å². The monoisotopic (exact) mass is 393 g/mol. The number of nitrogens with zero attached hydrogens (tertiary/aromatic N) is 1. The van der Waals surface area contributed by atoms with E-state index in [9.17, 15) is 9.59 Å². The van der Waals surface area contributed by atoms with Crippen LogP contribution in [0.1, 0.15) is 28.1 Å². The van der Waals surface area contributed by atoms with E-state index in [-0.39, 0.29) is 17.7 Å². The Morgan fingerprint density at radius 2 is 1.79 bits per heavy atom. The van der Waals surface area contributed by atoms with Crippen LogP contribution in [0.3, 0.4) is 0 Å². The van der Waals surface area contributed by atoms with Gasteiger partial charge in [-0.1, -0.05) is 30.3 Å². The summed E-state index contributed by atoms with van der Waals surface area (Å²) in [6, 6.07) is 17.5. The second-order valence-corrected chi connectivity index (χ2v) is 8.11. The summed E-state index contributed by atoms with van der Waals surface area (Å²) < 4.78 is 1.10. The molecule has 4 rings (SSSR count). The Bertz CT molecular complexity index is 957. The normalized spacial score (nSPS) is 15.4. The zero-order valence-electron chi connectivity index (χ0n) is 15.8. The molecular weight excluding hydrogens is 370 g/mol. The lowest BCUT2D eigenvalue weighted by molar-refractivity contribution is -0.133. The molecule has 144 valence electrons. The summed E-state index contributed by atoms with van der Waals surface area (Å²) in [6.07, 6.45) is 0. The molecule has 2 aromatic carbocycles. The number of hydrogen-bond acceptors (Lipinski definition) is 4. The van der Waals surface area contributed by atoms with Crippen LogP contribution in [-0.4, -0.2) is 42.9 Å². The van der Waals surface area contributed by atoms with Crippen molar-refractivity contribution in [2.45, 2.75) is 12.8 Å². The van der Waals surface area contributed by atoms with Crippen molar-refractivity contribution in [2.24, 2.45) is 0 Å². The van der Waals surface area contributed by atoms with Crippen LogP contribution in [0.25, 0.3) is 10.1 Å². The molecule has 3 aromatic rings. The minimum absolute atomic E-state index is 0.112. The van der Waals surface area contributed by atoms with E-state index < -0.39 is 0 Å². The minimum Gasteiger partial charge on any atom is -0.340 e. The average Bonchev–Trinajstić information content (AvgIpc) is 3.18. The highest BCUT2D eigenvalue weighted by molar-refractivity contribution is 7.20. The number of carbonyl (C=O) groups is 2. The lowest BCUT2D eigenvalue weighted by Gasteiger charge is -2.30. The molecule has 1 aliphatic rings. The zero-order chi connectivity index (χ0) is 19.5. The van der Waals surface area contributed by atoms with Crippen LogP contribution in [0.15, 0.2) is 54.6 Å². The summed E-state index contributed by atoms with van der Waals surface area (Å²) in [4.78, 5) is 27.8. The van der Waals surface area contributed by atoms with E-state index in [0.29, 0.717) is 4.88 Å². The van der Waals surface area contributed by atoms with E-state index in [4.69, 9.17) is 0 Å². The third-order valence-corrected chi connectivity index (χ3v) is 6.23. The largest absolute Gasteiger partial charge is 0.340 e. The van der Waals surface area contributed by atoms with Crippen molar-refractivity contribution in [3.05, 3.63) is 65.0 Å². The first-order valence-electron chi connectivity index (χ1n) is 9.51. The van der Waals surface area contributed by atoms with Gasteiger partial charge < -0.3 is 15.5 Å². The predicted molar refractivity (Wildman–Crippen MR) is 114 cm³/mol. The Balaban J connectivity index is 1.42. The van der Waals surface area contributed by atoms with Crippen molar-refractivity contribution in [3.63, 3.8) is 0 Å². The molecule has 2 heterocycles. The first-order valence-corrected chi connectivity index (χ1v) is 10.3. The Hall–Kier alpha value is -2.70. The number of anilines is 1. The molecule has 2 N–H and O–H groups in total. The third kappa shape index (κ3) is 3.93. The molecule has 28 heavy (non-hydrogen) atoms. The highest BCUT2D eigenvalue weighted by Crippen LogP contribution is 2.26. The van der Waals surface area contributed by atoms with Gasteiger partial charge in [-0.15, -0.1) is 11.3 Å². The van der Waals surface area contributed by atoms with E-state index >= 15 is 0 Å².